The minimum atomic E-state index is -0.699. The van der Waals surface area contributed by atoms with Crippen LogP contribution in [0.1, 0.15) is 13.8 Å². The summed E-state index contributed by atoms with van der Waals surface area (Å²) in [7, 11) is 0. The van der Waals surface area contributed by atoms with Gasteiger partial charge in [-0.3, -0.25) is 9.59 Å². The van der Waals surface area contributed by atoms with Crippen LogP contribution in [-0.4, -0.2) is 31.1 Å². The fraction of sp³-hybridized carbons (Fsp3) is 0.263. The van der Waals surface area contributed by atoms with Gasteiger partial charge in [-0.2, -0.15) is 0 Å². The van der Waals surface area contributed by atoms with E-state index in [1.54, 1.807) is 49.4 Å². The summed E-state index contributed by atoms with van der Waals surface area (Å²) < 4.78 is 16.6. The van der Waals surface area contributed by atoms with Gasteiger partial charge in [0.2, 0.25) is 5.91 Å². The van der Waals surface area contributed by atoms with Gasteiger partial charge < -0.3 is 24.8 Å². The maximum absolute atomic E-state index is 12.3. The molecule has 2 N–H and O–H groups in total. The highest BCUT2D eigenvalue weighted by Gasteiger charge is 2.17. The summed E-state index contributed by atoms with van der Waals surface area (Å²) in [5.74, 6) is 1.37. The molecule has 7 nitrogen and oxygen atoms in total. The van der Waals surface area contributed by atoms with E-state index in [-0.39, 0.29) is 11.8 Å². The molecular weight excluding hydrogens is 336 g/mol. The molecule has 1 aliphatic rings. The zero-order valence-electron chi connectivity index (χ0n) is 14.6. The van der Waals surface area contributed by atoms with Crippen LogP contribution in [0.2, 0.25) is 0 Å². The maximum Gasteiger partial charge on any atom is 0.265 e. The lowest BCUT2D eigenvalue weighted by molar-refractivity contribution is -0.122. The molecule has 2 aromatic carbocycles. The lowest BCUT2D eigenvalue weighted by Gasteiger charge is -2.20. The van der Waals surface area contributed by atoms with Crippen LogP contribution < -0.4 is 24.8 Å². The van der Waals surface area contributed by atoms with Crippen LogP contribution in [0.4, 0.5) is 11.4 Å². The van der Waals surface area contributed by atoms with Crippen LogP contribution in [0.3, 0.4) is 0 Å². The Morgan fingerprint density at radius 3 is 2.31 bits per heavy atom. The molecule has 2 amide bonds. The number of hydrogen-bond donors (Lipinski definition) is 2. The third kappa shape index (κ3) is 4.44. The highest BCUT2D eigenvalue weighted by molar-refractivity contribution is 5.94. The summed E-state index contributed by atoms with van der Waals surface area (Å²) in [6, 6.07) is 12.0. The number of anilines is 2. The summed E-state index contributed by atoms with van der Waals surface area (Å²) in [4.78, 5) is 23.3. The smallest absolute Gasteiger partial charge is 0.265 e. The number of rotatable bonds is 5. The van der Waals surface area contributed by atoms with Gasteiger partial charge in [-0.15, -0.1) is 0 Å². The van der Waals surface area contributed by atoms with Gasteiger partial charge in [0.25, 0.3) is 5.91 Å². The first-order chi connectivity index (χ1) is 12.5. The number of carbonyl (C=O) groups is 2. The van der Waals surface area contributed by atoms with Gasteiger partial charge in [-0.25, -0.2) is 0 Å². The topological polar surface area (TPSA) is 85.9 Å². The molecule has 26 heavy (non-hydrogen) atoms. The maximum atomic E-state index is 12.3. The van der Waals surface area contributed by atoms with Crippen molar-refractivity contribution in [2.24, 2.45) is 0 Å². The van der Waals surface area contributed by atoms with Crippen molar-refractivity contribution in [2.45, 2.75) is 20.0 Å². The lowest BCUT2D eigenvalue weighted by Crippen LogP contribution is -2.30. The van der Waals surface area contributed by atoms with Gasteiger partial charge in [0.05, 0.1) is 0 Å². The Hall–Kier alpha value is -3.22. The lowest BCUT2D eigenvalue weighted by atomic mass is 10.2. The van der Waals surface area contributed by atoms with Crippen molar-refractivity contribution in [3.8, 4) is 17.2 Å². The zero-order valence-corrected chi connectivity index (χ0v) is 14.6. The summed E-state index contributed by atoms with van der Waals surface area (Å²) >= 11 is 0. The monoisotopic (exact) mass is 356 g/mol. The molecule has 0 aliphatic carbocycles. The summed E-state index contributed by atoms with van der Waals surface area (Å²) in [5.41, 5.74) is 1.27. The molecule has 0 spiro atoms. The molecule has 0 fully saturated rings. The van der Waals surface area contributed by atoms with Gasteiger partial charge in [0, 0.05) is 24.4 Å². The van der Waals surface area contributed by atoms with Crippen LogP contribution in [0.5, 0.6) is 17.2 Å². The Balaban J connectivity index is 1.58. The summed E-state index contributed by atoms with van der Waals surface area (Å²) in [5, 5.41) is 5.46. The van der Waals surface area contributed by atoms with E-state index >= 15 is 0 Å². The molecule has 7 heteroatoms. The van der Waals surface area contributed by atoms with E-state index in [1.165, 1.54) is 6.92 Å². The molecular formula is C19H20N2O5. The Bertz CT molecular complexity index is 804. The minimum absolute atomic E-state index is 0.147. The number of benzene rings is 2. The number of carbonyl (C=O) groups excluding carboxylic acids is 2. The predicted octanol–water partition coefficient (Wildman–Crippen LogP) is 2.82. The SMILES string of the molecule is CC(=O)Nc1ccc(O[C@@H](C)C(=O)Nc2ccc3c(c2)OCCO3)cc1. The van der Waals surface area contributed by atoms with Crippen molar-refractivity contribution in [3.05, 3.63) is 42.5 Å². The normalized spacial score (nSPS) is 13.5. The van der Waals surface area contributed by atoms with Crippen molar-refractivity contribution in [1.29, 1.82) is 0 Å². The van der Waals surface area contributed by atoms with E-state index in [9.17, 15) is 9.59 Å². The van der Waals surface area contributed by atoms with Crippen molar-refractivity contribution in [3.63, 3.8) is 0 Å². The molecule has 1 aliphatic heterocycles. The van der Waals surface area contributed by atoms with Crippen LogP contribution in [0.15, 0.2) is 42.5 Å². The van der Waals surface area contributed by atoms with Gasteiger partial charge in [-0.05, 0) is 43.3 Å². The van der Waals surface area contributed by atoms with Crippen molar-refractivity contribution in [2.75, 3.05) is 23.8 Å². The standard InChI is InChI=1S/C19H20N2O5/c1-12(26-16-6-3-14(4-7-16)20-13(2)22)19(23)21-15-5-8-17-18(11-15)25-10-9-24-17/h3-8,11-12H,9-10H2,1-2H3,(H,20,22)(H,21,23)/t12-/m0/s1. The molecule has 0 bridgehead atoms. The highest BCUT2D eigenvalue weighted by atomic mass is 16.6. The molecule has 0 aromatic heterocycles. The average Bonchev–Trinajstić information content (AvgIpc) is 2.62. The second-order valence-corrected chi connectivity index (χ2v) is 5.81. The quantitative estimate of drug-likeness (QED) is 0.860. The highest BCUT2D eigenvalue weighted by Crippen LogP contribution is 2.32. The first kappa shape index (κ1) is 17.6. The average molecular weight is 356 g/mol. The third-order valence-electron chi connectivity index (χ3n) is 3.67. The number of amides is 2. The number of hydrogen-bond acceptors (Lipinski definition) is 5. The number of nitrogens with one attached hydrogen (secondary N) is 2. The predicted molar refractivity (Wildman–Crippen MR) is 96.9 cm³/mol. The Morgan fingerprint density at radius 1 is 0.962 bits per heavy atom. The van der Waals surface area contributed by atoms with E-state index in [4.69, 9.17) is 14.2 Å². The first-order valence-corrected chi connectivity index (χ1v) is 8.26. The van der Waals surface area contributed by atoms with E-state index in [0.717, 1.165) is 0 Å². The zero-order chi connectivity index (χ0) is 18.5. The van der Waals surface area contributed by atoms with E-state index in [0.29, 0.717) is 41.8 Å². The van der Waals surface area contributed by atoms with E-state index in [2.05, 4.69) is 10.6 Å². The van der Waals surface area contributed by atoms with Gasteiger partial charge in [0.15, 0.2) is 17.6 Å². The van der Waals surface area contributed by atoms with Crippen LogP contribution >= 0.6 is 0 Å². The molecule has 2 aromatic rings. The molecule has 0 saturated carbocycles. The second-order valence-electron chi connectivity index (χ2n) is 5.81. The van der Waals surface area contributed by atoms with E-state index in [1.807, 2.05) is 0 Å². The number of ether oxygens (including phenoxy) is 3. The van der Waals surface area contributed by atoms with Crippen LogP contribution in [0.25, 0.3) is 0 Å². The Kier molecular flexibility index (Phi) is 5.26. The van der Waals surface area contributed by atoms with Gasteiger partial charge in [0.1, 0.15) is 19.0 Å². The number of fused-ring (bicyclic) bond motifs is 1. The molecule has 0 saturated heterocycles. The van der Waals surface area contributed by atoms with Crippen LogP contribution in [0, 0.1) is 0 Å². The largest absolute Gasteiger partial charge is 0.486 e. The summed E-state index contributed by atoms with van der Waals surface area (Å²) in [6.07, 6.45) is -0.699. The van der Waals surface area contributed by atoms with Crippen LogP contribution in [-0.2, 0) is 9.59 Å². The van der Waals surface area contributed by atoms with E-state index < -0.39 is 6.10 Å². The minimum Gasteiger partial charge on any atom is -0.486 e. The van der Waals surface area contributed by atoms with Gasteiger partial charge >= 0.3 is 0 Å². The third-order valence-corrected chi connectivity index (χ3v) is 3.67. The second kappa shape index (κ2) is 7.77. The molecule has 1 heterocycles. The molecule has 0 radical (unpaired) electrons. The van der Waals surface area contributed by atoms with Crippen molar-refractivity contribution in [1.82, 2.24) is 0 Å². The van der Waals surface area contributed by atoms with Crippen molar-refractivity contribution < 1.29 is 23.8 Å². The molecule has 3 rings (SSSR count). The first-order valence-electron chi connectivity index (χ1n) is 8.26. The Morgan fingerprint density at radius 2 is 1.62 bits per heavy atom. The molecule has 0 unspecified atom stereocenters. The van der Waals surface area contributed by atoms with Gasteiger partial charge in [-0.1, -0.05) is 0 Å². The fourth-order valence-electron chi connectivity index (χ4n) is 2.44. The fourth-order valence-corrected chi connectivity index (χ4v) is 2.44. The summed E-state index contributed by atoms with van der Waals surface area (Å²) in [6.45, 7) is 4.10. The Labute approximate surface area is 151 Å². The molecule has 1 atom stereocenters. The van der Waals surface area contributed by atoms with Crippen molar-refractivity contribution >= 4 is 23.2 Å². The molecule has 136 valence electrons.